The number of ether oxygens (including phenoxy) is 1. The number of benzene rings is 1. The fraction of sp³-hybridized carbons (Fsp3) is 0.450. The lowest BCUT2D eigenvalue weighted by molar-refractivity contribution is -0.118. The number of hydrogen-bond acceptors (Lipinski definition) is 5. The number of morpholine rings is 1. The number of aromatic nitrogens is 2. The number of amides is 1. The first-order valence-electron chi connectivity index (χ1n) is 9.48. The van der Waals surface area contributed by atoms with Gasteiger partial charge in [0, 0.05) is 30.9 Å². The summed E-state index contributed by atoms with van der Waals surface area (Å²) >= 11 is 0. The Balaban J connectivity index is 1.57. The predicted molar refractivity (Wildman–Crippen MR) is 103 cm³/mol. The molecule has 1 N–H and O–H groups in total. The van der Waals surface area contributed by atoms with E-state index in [-0.39, 0.29) is 23.9 Å². The monoisotopic (exact) mass is 368 g/mol. The Morgan fingerprint density at radius 2 is 2.07 bits per heavy atom. The van der Waals surface area contributed by atoms with E-state index in [9.17, 15) is 9.59 Å². The summed E-state index contributed by atoms with van der Waals surface area (Å²) in [6, 6.07) is 9.66. The van der Waals surface area contributed by atoms with E-state index in [4.69, 9.17) is 4.74 Å². The third kappa shape index (κ3) is 3.60. The number of H-pyrrole nitrogens is 1. The Bertz CT molecular complexity index is 889. The largest absolute Gasteiger partial charge is 0.378 e. The van der Waals surface area contributed by atoms with Crippen LogP contribution in [0, 0.1) is 0 Å². The highest BCUT2D eigenvalue weighted by atomic mass is 16.5. The maximum absolute atomic E-state index is 13.1. The van der Waals surface area contributed by atoms with Crippen molar-refractivity contribution in [3.63, 3.8) is 0 Å². The van der Waals surface area contributed by atoms with Gasteiger partial charge < -0.3 is 19.5 Å². The van der Waals surface area contributed by atoms with Crippen molar-refractivity contribution in [2.45, 2.75) is 32.2 Å². The summed E-state index contributed by atoms with van der Waals surface area (Å²) in [7, 11) is 0. The van der Waals surface area contributed by atoms with Crippen LogP contribution in [0.5, 0.6) is 0 Å². The van der Waals surface area contributed by atoms with Crippen LogP contribution in [0.4, 0.5) is 11.5 Å². The van der Waals surface area contributed by atoms with Crippen LogP contribution in [-0.4, -0.2) is 48.2 Å². The topological polar surface area (TPSA) is 78.5 Å². The molecule has 142 valence electrons. The fourth-order valence-electron chi connectivity index (χ4n) is 3.89. The summed E-state index contributed by atoms with van der Waals surface area (Å²) in [5, 5.41) is 0. The molecule has 1 aromatic carbocycles. The summed E-state index contributed by atoms with van der Waals surface area (Å²) in [6.07, 6.45) is 1.84. The summed E-state index contributed by atoms with van der Waals surface area (Å²) in [5.41, 5.74) is 1.94. The van der Waals surface area contributed by atoms with Crippen LogP contribution in [0.2, 0.25) is 0 Å². The minimum absolute atomic E-state index is 0.0333. The lowest BCUT2D eigenvalue weighted by atomic mass is 10.1. The van der Waals surface area contributed by atoms with Gasteiger partial charge in [-0.3, -0.25) is 9.59 Å². The Labute approximate surface area is 158 Å². The van der Waals surface area contributed by atoms with E-state index in [0.29, 0.717) is 37.9 Å². The highest BCUT2D eigenvalue weighted by Gasteiger charge is 2.32. The van der Waals surface area contributed by atoms with E-state index in [1.807, 2.05) is 28.0 Å². The van der Waals surface area contributed by atoms with Gasteiger partial charge in [0.25, 0.3) is 5.56 Å². The molecule has 0 radical (unpaired) electrons. The summed E-state index contributed by atoms with van der Waals surface area (Å²) in [4.78, 5) is 36.3. The van der Waals surface area contributed by atoms with Gasteiger partial charge in [0.2, 0.25) is 5.91 Å². The minimum Gasteiger partial charge on any atom is -0.378 e. The van der Waals surface area contributed by atoms with Crippen molar-refractivity contribution in [1.82, 2.24) is 9.97 Å². The first-order chi connectivity index (χ1) is 13.2. The molecule has 2 aliphatic heterocycles. The second-order valence-corrected chi connectivity index (χ2v) is 6.99. The second kappa shape index (κ2) is 7.52. The van der Waals surface area contributed by atoms with Crippen LogP contribution >= 0.6 is 0 Å². The van der Waals surface area contributed by atoms with Crippen molar-refractivity contribution in [3.8, 4) is 0 Å². The minimum atomic E-state index is -0.233. The number of aromatic amines is 1. The Kier molecular flexibility index (Phi) is 4.94. The quantitative estimate of drug-likeness (QED) is 0.885. The predicted octanol–water partition coefficient (Wildman–Crippen LogP) is 1.52. The Hall–Kier alpha value is -2.67. The molecule has 2 aliphatic rings. The summed E-state index contributed by atoms with van der Waals surface area (Å²) in [6.45, 7) is 4.72. The molecule has 0 unspecified atom stereocenters. The molecule has 27 heavy (non-hydrogen) atoms. The molecule has 1 amide bonds. The molecular formula is C20H24N4O3. The molecule has 0 aliphatic carbocycles. The summed E-state index contributed by atoms with van der Waals surface area (Å²) in [5.74, 6) is 0.987. The van der Waals surface area contributed by atoms with Crippen LogP contribution < -0.4 is 15.4 Å². The van der Waals surface area contributed by atoms with Crippen LogP contribution in [0.1, 0.15) is 24.7 Å². The van der Waals surface area contributed by atoms with E-state index in [0.717, 1.165) is 18.5 Å². The molecule has 3 heterocycles. The van der Waals surface area contributed by atoms with Crippen LogP contribution in [0.25, 0.3) is 0 Å². The molecule has 1 saturated heterocycles. The smallest absolute Gasteiger partial charge is 0.252 e. The average molecular weight is 368 g/mol. The number of para-hydroxylation sites is 1. The molecule has 0 saturated carbocycles. The highest BCUT2D eigenvalue weighted by molar-refractivity contribution is 5.97. The fourth-order valence-corrected chi connectivity index (χ4v) is 3.89. The van der Waals surface area contributed by atoms with Crippen molar-refractivity contribution in [2.24, 2.45) is 0 Å². The van der Waals surface area contributed by atoms with Crippen molar-refractivity contribution >= 4 is 17.4 Å². The number of carbonyl (C=O) groups is 1. The Morgan fingerprint density at radius 1 is 1.30 bits per heavy atom. The number of anilines is 2. The molecule has 0 spiro atoms. The molecule has 1 atom stereocenters. The van der Waals surface area contributed by atoms with E-state index >= 15 is 0 Å². The van der Waals surface area contributed by atoms with Gasteiger partial charge in [-0.25, -0.2) is 4.98 Å². The molecule has 1 fully saturated rings. The third-order valence-corrected chi connectivity index (χ3v) is 5.24. The van der Waals surface area contributed by atoms with Crippen molar-refractivity contribution in [3.05, 3.63) is 52.1 Å². The molecular weight excluding hydrogens is 344 g/mol. The van der Waals surface area contributed by atoms with Gasteiger partial charge in [0.15, 0.2) is 0 Å². The first kappa shape index (κ1) is 17.7. The number of fused-ring (bicyclic) bond motifs is 1. The number of hydrogen-bond donors (Lipinski definition) is 1. The van der Waals surface area contributed by atoms with E-state index in [1.54, 1.807) is 0 Å². The van der Waals surface area contributed by atoms with Gasteiger partial charge >= 0.3 is 0 Å². The van der Waals surface area contributed by atoms with Crippen LogP contribution in [0.3, 0.4) is 0 Å². The second-order valence-electron chi connectivity index (χ2n) is 6.99. The SMILES string of the molecule is CC[C@@H]1Cc2ccccc2N1C(=O)Cc1nc(N2CCOCC2)cc(=O)[nH]1. The number of rotatable bonds is 4. The normalized spacial score (nSPS) is 19.2. The van der Waals surface area contributed by atoms with Crippen LogP contribution in [-0.2, 0) is 22.4 Å². The van der Waals surface area contributed by atoms with Gasteiger partial charge in [-0.1, -0.05) is 25.1 Å². The summed E-state index contributed by atoms with van der Waals surface area (Å²) < 4.78 is 5.35. The lowest BCUT2D eigenvalue weighted by Gasteiger charge is -2.28. The molecule has 7 heteroatoms. The van der Waals surface area contributed by atoms with Gasteiger partial charge in [-0.15, -0.1) is 0 Å². The molecule has 7 nitrogen and oxygen atoms in total. The van der Waals surface area contributed by atoms with Crippen molar-refractivity contribution < 1.29 is 9.53 Å². The molecule has 4 rings (SSSR count). The van der Waals surface area contributed by atoms with E-state index < -0.39 is 0 Å². The number of nitrogens with one attached hydrogen (secondary N) is 1. The zero-order valence-electron chi connectivity index (χ0n) is 15.5. The number of nitrogens with zero attached hydrogens (tertiary/aromatic N) is 3. The average Bonchev–Trinajstić information content (AvgIpc) is 3.07. The maximum Gasteiger partial charge on any atom is 0.252 e. The standard InChI is InChI=1S/C20H24N4O3/c1-2-15-11-14-5-3-4-6-16(14)24(15)20(26)12-17-21-18(13-19(25)22-17)23-7-9-27-10-8-23/h3-6,13,15H,2,7-12H2,1H3,(H,21,22,25)/t15-/m1/s1. The molecule has 0 bridgehead atoms. The lowest BCUT2D eigenvalue weighted by Crippen LogP contribution is -2.39. The zero-order chi connectivity index (χ0) is 18.8. The first-order valence-corrected chi connectivity index (χ1v) is 9.48. The highest BCUT2D eigenvalue weighted by Crippen LogP contribution is 2.33. The number of carbonyl (C=O) groups excluding carboxylic acids is 1. The third-order valence-electron chi connectivity index (χ3n) is 5.24. The van der Waals surface area contributed by atoms with E-state index in [1.165, 1.54) is 11.6 Å². The van der Waals surface area contributed by atoms with E-state index in [2.05, 4.69) is 23.0 Å². The van der Waals surface area contributed by atoms with Gasteiger partial charge in [0.1, 0.15) is 11.6 Å². The maximum atomic E-state index is 13.1. The molecule has 1 aromatic heterocycles. The van der Waals surface area contributed by atoms with Gasteiger partial charge in [0.05, 0.1) is 19.6 Å². The van der Waals surface area contributed by atoms with Crippen molar-refractivity contribution in [1.29, 1.82) is 0 Å². The van der Waals surface area contributed by atoms with Crippen LogP contribution in [0.15, 0.2) is 35.1 Å². The molecule has 2 aromatic rings. The Morgan fingerprint density at radius 3 is 2.85 bits per heavy atom. The van der Waals surface area contributed by atoms with Gasteiger partial charge in [-0.05, 0) is 24.5 Å². The zero-order valence-corrected chi connectivity index (χ0v) is 15.5. The van der Waals surface area contributed by atoms with Gasteiger partial charge in [-0.2, -0.15) is 0 Å². The van der Waals surface area contributed by atoms with Crippen molar-refractivity contribution in [2.75, 3.05) is 36.1 Å².